The molecule has 1 fully saturated rings. The molecule has 0 spiro atoms. The first-order valence-electron chi connectivity index (χ1n) is 6.46. The van der Waals surface area contributed by atoms with Crippen molar-refractivity contribution in [2.45, 2.75) is 26.2 Å². The molecule has 5 nitrogen and oxygen atoms in total. The van der Waals surface area contributed by atoms with Crippen molar-refractivity contribution >= 4 is 22.3 Å². The molecule has 19 heavy (non-hydrogen) atoms. The van der Waals surface area contributed by atoms with Crippen molar-refractivity contribution in [3.8, 4) is 0 Å². The fraction of sp³-hybridized carbons (Fsp3) is 0.462. The number of hydrogen-bond acceptors (Lipinski definition) is 6. The number of aromatic nitrogens is 3. The average Bonchev–Trinajstić information content (AvgIpc) is 3.00. The second-order valence-corrected chi connectivity index (χ2v) is 5.69. The van der Waals surface area contributed by atoms with Gasteiger partial charge in [-0.3, -0.25) is 0 Å². The van der Waals surface area contributed by atoms with Gasteiger partial charge >= 0.3 is 0 Å². The molecule has 0 amide bonds. The third-order valence-corrected chi connectivity index (χ3v) is 4.07. The maximum atomic E-state index is 4.55. The first kappa shape index (κ1) is 12.5. The van der Waals surface area contributed by atoms with Crippen LogP contribution >= 0.6 is 11.3 Å². The molecular formula is C13H17N5S. The summed E-state index contributed by atoms with van der Waals surface area (Å²) in [5.74, 6) is 2.14. The molecule has 1 aliphatic rings. The fourth-order valence-corrected chi connectivity index (χ4v) is 2.99. The molecule has 3 heterocycles. The Morgan fingerprint density at radius 3 is 2.89 bits per heavy atom. The van der Waals surface area contributed by atoms with Gasteiger partial charge in [-0.15, -0.1) is 11.3 Å². The van der Waals surface area contributed by atoms with Gasteiger partial charge in [0, 0.05) is 23.9 Å². The van der Waals surface area contributed by atoms with Crippen molar-refractivity contribution < 1.29 is 0 Å². The quantitative estimate of drug-likeness (QED) is 0.900. The van der Waals surface area contributed by atoms with Crippen LogP contribution in [0.5, 0.6) is 0 Å². The van der Waals surface area contributed by atoms with Crippen LogP contribution in [0.3, 0.4) is 0 Å². The van der Waals surface area contributed by atoms with E-state index in [2.05, 4.69) is 25.6 Å². The van der Waals surface area contributed by atoms with E-state index in [1.807, 2.05) is 25.3 Å². The molecule has 6 heteroatoms. The summed E-state index contributed by atoms with van der Waals surface area (Å²) in [6.45, 7) is 6.00. The zero-order valence-corrected chi connectivity index (χ0v) is 11.9. The molecular weight excluding hydrogens is 258 g/mol. The highest BCUT2D eigenvalue weighted by Crippen LogP contribution is 2.25. The molecule has 1 saturated heterocycles. The summed E-state index contributed by atoms with van der Waals surface area (Å²) in [5, 5.41) is 9.54. The smallest absolute Gasteiger partial charge is 0.188 e. The Balaban J connectivity index is 1.84. The van der Waals surface area contributed by atoms with Gasteiger partial charge in [0.05, 0.1) is 11.4 Å². The summed E-state index contributed by atoms with van der Waals surface area (Å²) in [6.07, 6.45) is 1.15. The predicted octanol–water partition coefficient (Wildman–Crippen LogP) is 2.37. The van der Waals surface area contributed by atoms with Gasteiger partial charge in [0.2, 0.25) is 0 Å². The van der Waals surface area contributed by atoms with Crippen molar-refractivity contribution in [2.75, 3.05) is 18.4 Å². The Hall–Kier alpha value is -1.53. The molecule has 2 aromatic rings. The first-order chi connectivity index (χ1) is 9.20. The van der Waals surface area contributed by atoms with Crippen molar-refractivity contribution in [2.24, 2.45) is 0 Å². The molecule has 0 bridgehead atoms. The minimum Gasteiger partial charge on any atom is -0.316 e. The maximum Gasteiger partial charge on any atom is 0.188 e. The van der Waals surface area contributed by atoms with Crippen LogP contribution in [0.25, 0.3) is 0 Å². The Morgan fingerprint density at radius 2 is 2.21 bits per heavy atom. The summed E-state index contributed by atoms with van der Waals surface area (Å²) in [5.41, 5.74) is 2.15. The van der Waals surface area contributed by atoms with E-state index < -0.39 is 0 Å². The van der Waals surface area contributed by atoms with E-state index in [0.29, 0.717) is 5.92 Å². The van der Waals surface area contributed by atoms with E-state index in [1.165, 1.54) is 0 Å². The van der Waals surface area contributed by atoms with E-state index >= 15 is 0 Å². The van der Waals surface area contributed by atoms with Crippen LogP contribution in [-0.4, -0.2) is 28.0 Å². The van der Waals surface area contributed by atoms with Gasteiger partial charge in [0.15, 0.2) is 5.13 Å². The van der Waals surface area contributed by atoms with Gasteiger partial charge in [-0.1, -0.05) is 0 Å². The van der Waals surface area contributed by atoms with E-state index in [-0.39, 0.29) is 0 Å². The molecule has 0 saturated carbocycles. The number of hydrogen-bond donors (Lipinski definition) is 2. The number of anilines is 2. The van der Waals surface area contributed by atoms with Gasteiger partial charge in [0.1, 0.15) is 11.6 Å². The lowest BCUT2D eigenvalue weighted by atomic mass is 10.0. The number of nitrogens with one attached hydrogen (secondary N) is 2. The average molecular weight is 275 g/mol. The molecule has 1 aliphatic heterocycles. The molecule has 2 N–H and O–H groups in total. The van der Waals surface area contributed by atoms with Crippen LogP contribution in [0.4, 0.5) is 10.9 Å². The summed E-state index contributed by atoms with van der Waals surface area (Å²) >= 11 is 1.59. The zero-order chi connectivity index (χ0) is 13.2. The van der Waals surface area contributed by atoms with Crippen LogP contribution < -0.4 is 10.6 Å². The molecule has 100 valence electrons. The highest BCUT2D eigenvalue weighted by molar-refractivity contribution is 7.13. The first-order valence-corrected chi connectivity index (χ1v) is 7.34. The Labute approximate surface area is 116 Å². The predicted molar refractivity (Wildman–Crippen MR) is 77.1 cm³/mol. The SMILES string of the molecule is Cc1csc(Nc2cc(C3CCNC3)nc(C)n2)n1. The Morgan fingerprint density at radius 1 is 1.32 bits per heavy atom. The highest BCUT2D eigenvalue weighted by Gasteiger charge is 2.19. The summed E-state index contributed by atoms with van der Waals surface area (Å²) < 4.78 is 0. The van der Waals surface area contributed by atoms with Crippen molar-refractivity contribution in [1.29, 1.82) is 0 Å². The largest absolute Gasteiger partial charge is 0.316 e. The summed E-state index contributed by atoms with van der Waals surface area (Å²) in [6, 6.07) is 2.04. The van der Waals surface area contributed by atoms with Crippen molar-refractivity contribution in [3.05, 3.63) is 28.7 Å². The molecule has 3 rings (SSSR count). The molecule has 0 aliphatic carbocycles. The second-order valence-electron chi connectivity index (χ2n) is 4.83. The maximum absolute atomic E-state index is 4.55. The Bertz CT molecular complexity index is 574. The molecule has 2 aromatic heterocycles. The zero-order valence-electron chi connectivity index (χ0n) is 11.1. The van der Waals surface area contributed by atoms with Gasteiger partial charge in [-0.05, 0) is 26.8 Å². The molecule has 0 aromatic carbocycles. The van der Waals surface area contributed by atoms with E-state index in [9.17, 15) is 0 Å². The van der Waals surface area contributed by atoms with Crippen LogP contribution in [0.1, 0.15) is 29.6 Å². The van der Waals surface area contributed by atoms with E-state index in [1.54, 1.807) is 11.3 Å². The van der Waals surface area contributed by atoms with Crippen molar-refractivity contribution in [3.63, 3.8) is 0 Å². The Kier molecular flexibility index (Phi) is 3.44. The standard InChI is InChI=1S/C13H17N5S/c1-8-7-19-13(15-8)18-12-5-11(16-9(2)17-12)10-3-4-14-6-10/h5,7,10,14H,3-4,6H2,1-2H3,(H,15,16,17,18). The van der Waals surface area contributed by atoms with Gasteiger partial charge < -0.3 is 10.6 Å². The lowest BCUT2D eigenvalue weighted by molar-refractivity contribution is 0.725. The fourth-order valence-electron chi connectivity index (χ4n) is 2.29. The van der Waals surface area contributed by atoms with Gasteiger partial charge in [-0.25, -0.2) is 15.0 Å². The van der Waals surface area contributed by atoms with E-state index in [4.69, 9.17) is 0 Å². The summed E-state index contributed by atoms with van der Waals surface area (Å²) in [7, 11) is 0. The summed E-state index contributed by atoms with van der Waals surface area (Å²) in [4.78, 5) is 13.4. The lowest BCUT2D eigenvalue weighted by Gasteiger charge is -2.10. The lowest BCUT2D eigenvalue weighted by Crippen LogP contribution is -2.10. The number of aryl methyl sites for hydroxylation is 2. The van der Waals surface area contributed by atoms with Crippen molar-refractivity contribution in [1.82, 2.24) is 20.3 Å². The van der Waals surface area contributed by atoms with Crippen LogP contribution in [0, 0.1) is 13.8 Å². The van der Waals surface area contributed by atoms with Crippen LogP contribution in [-0.2, 0) is 0 Å². The normalized spacial score (nSPS) is 18.7. The minimum atomic E-state index is 0.500. The second kappa shape index (κ2) is 5.22. The van der Waals surface area contributed by atoms with Crippen LogP contribution in [0.2, 0.25) is 0 Å². The number of thiazole rings is 1. The van der Waals surface area contributed by atoms with Crippen LogP contribution in [0.15, 0.2) is 11.4 Å². The molecule has 0 radical (unpaired) electrons. The minimum absolute atomic E-state index is 0.500. The topological polar surface area (TPSA) is 62.7 Å². The monoisotopic (exact) mass is 275 g/mol. The molecule has 1 unspecified atom stereocenters. The number of nitrogens with zero attached hydrogens (tertiary/aromatic N) is 3. The van der Waals surface area contributed by atoms with Gasteiger partial charge in [0.25, 0.3) is 0 Å². The highest BCUT2D eigenvalue weighted by atomic mass is 32.1. The third-order valence-electron chi connectivity index (χ3n) is 3.19. The third kappa shape index (κ3) is 2.90. The van der Waals surface area contributed by atoms with E-state index in [0.717, 1.165) is 47.7 Å². The number of rotatable bonds is 3. The van der Waals surface area contributed by atoms with Gasteiger partial charge in [-0.2, -0.15) is 0 Å². The molecule has 1 atom stereocenters.